The molecule has 2 unspecified atom stereocenters. The number of nitrogens with two attached hydrogens (primary N) is 2. The zero-order valence-electron chi connectivity index (χ0n) is 11.6. The fourth-order valence-electron chi connectivity index (χ4n) is 3.48. The van der Waals surface area contributed by atoms with E-state index in [0.717, 1.165) is 25.7 Å². The van der Waals surface area contributed by atoms with Crippen molar-refractivity contribution < 1.29 is 13.2 Å². The molecule has 1 aromatic rings. The average molecular weight is 309 g/mol. The Bertz CT molecular complexity index is 643. The van der Waals surface area contributed by atoms with E-state index in [0.29, 0.717) is 5.56 Å². The molecular formula is C14H19N3O3S. The van der Waals surface area contributed by atoms with Gasteiger partial charge in [0.25, 0.3) is 0 Å². The van der Waals surface area contributed by atoms with Crippen molar-refractivity contribution in [2.24, 2.45) is 11.5 Å². The number of rotatable bonds is 3. The van der Waals surface area contributed by atoms with Gasteiger partial charge in [0.1, 0.15) is 0 Å². The summed E-state index contributed by atoms with van der Waals surface area (Å²) in [6.45, 7) is 0. The second-order valence-electron chi connectivity index (χ2n) is 5.84. The van der Waals surface area contributed by atoms with Gasteiger partial charge in [-0.1, -0.05) is 0 Å². The molecule has 0 aromatic heterocycles. The van der Waals surface area contributed by atoms with Crippen LogP contribution in [0.25, 0.3) is 0 Å². The molecule has 114 valence electrons. The van der Waals surface area contributed by atoms with Gasteiger partial charge in [0, 0.05) is 23.7 Å². The van der Waals surface area contributed by atoms with Gasteiger partial charge in [0.15, 0.2) is 0 Å². The maximum absolute atomic E-state index is 12.8. The lowest BCUT2D eigenvalue weighted by atomic mass is 10.0. The first-order valence-corrected chi connectivity index (χ1v) is 8.52. The zero-order valence-corrected chi connectivity index (χ0v) is 12.4. The Morgan fingerprint density at radius 1 is 1.10 bits per heavy atom. The Labute approximate surface area is 124 Å². The summed E-state index contributed by atoms with van der Waals surface area (Å²) >= 11 is 0. The van der Waals surface area contributed by atoms with E-state index >= 15 is 0 Å². The standard InChI is InChI=1S/C14H19N3O3S/c15-10-7-11-3-4-12(8-10)17(11)21(19,20)13-5-1-9(2-6-13)14(16)18/h1-2,5-6,10-12H,3-4,7-8,15H2,(H2,16,18). The molecular weight excluding hydrogens is 290 g/mol. The third-order valence-electron chi connectivity index (χ3n) is 4.42. The van der Waals surface area contributed by atoms with Crippen LogP contribution in [-0.4, -0.2) is 36.8 Å². The van der Waals surface area contributed by atoms with Gasteiger partial charge in [-0.2, -0.15) is 4.31 Å². The van der Waals surface area contributed by atoms with Gasteiger partial charge in [-0.05, 0) is 49.9 Å². The van der Waals surface area contributed by atoms with Crippen molar-refractivity contribution in [3.8, 4) is 0 Å². The van der Waals surface area contributed by atoms with Crippen LogP contribution in [0.15, 0.2) is 29.2 Å². The summed E-state index contributed by atoms with van der Waals surface area (Å²) in [6, 6.07) is 5.89. The van der Waals surface area contributed by atoms with Crippen molar-refractivity contribution in [1.29, 1.82) is 0 Å². The van der Waals surface area contributed by atoms with E-state index in [1.165, 1.54) is 24.3 Å². The molecule has 1 aromatic carbocycles. The number of hydrogen-bond donors (Lipinski definition) is 2. The molecule has 2 saturated heterocycles. The Balaban J connectivity index is 1.92. The minimum atomic E-state index is -3.54. The molecule has 2 fully saturated rings. The van der Waals surface area contributed by atoms with Crippen molar-refractivity contribution >= 4 is 15.9 Å². The number of amides is 1. The molecule has 2 atom stereocenters. The van der Waals surface area contributed by atoms with Gasteiger partial charge in [-0.25, -0.2) is 8.42 Å². The second-order valence-corrected chi connectivity index (χ2v) is 7.68. The highest BCUT2D eigenvalue weighted by Gasteiger charge is 2.46. The van der Waals surface area contributed by atoms with Crippen LogP contribution in [0.2, 0.25) is 0 Å². The van der Waals surface area contributed by atoms with Gasteiger partial charge in [0.2, 0.25) is 15.9 Å². The number of carbonyl (C=O) groups excluding carboxylic acids is 1. The number of hydrogen-bond acceptors (Lipinski definition) is 4. The van der Waals surface area contributed by atoms with E-state index in [-0.39, 0.29) is 23.0 Å². The molecule has 0 aliphatic carbocycles. The normalized spacial score (nSPS) is 29.5. The summed E-state index contributed by atoms with van der Waals surface area (Å²) in [7, 11) is -3.54. The van der Waals surface area contributed by atoms with Crippen LogP contribution in [0, 0.1) is 0 Å². The van der Waals surface area contributed by atoms with E-state index in [1.54, 1.807) is 4.31 Å². The summed E-state index contributed by atoms with van der Waals surface area (Å²) in [6.07, 6.45) is 3.18. The van der Waals surface area contributed by atoms with E-state index in [9.17, 15) is 13.2 Å². The highest BCUT2D eigenvalue weighted by Crippen LogP contribution is 2.39. The number of carbonyl (C=O) groups is 1. The summed E-state index contributed by atoms with van der Waals surface area (Å²) in [5, 5.41) is 0. The van der Waals surface area contributed by atoms with Gasteiger partial charge in [0.05, 0.1) is 4.90 Å². The van der Waals surface area contributed by atoms with Crippen molar-refractivity contribution in [2.45, 2.75) is 48.7 Å². The molecule has 0 saturated carbocycles. The highest BCUT2D eigenvalue weighted by atomic mass is 32.2. The molecule has 2 bridgehead atoms. The smallest absolute Gasteiger partial charge is 0.248 e. The zero-order chi connectivity index (χ0) is 15.2. The Hall–Kier alpha value is -1.44. The van der Waals surface area contributed by atoms with Crippen LogP contribution in [-0.2, 0) is 10.0 Å². The van der Waals surface area contributed by atoms with Crippen LogP contribution < -0.4 is 11.5 Å². The number of piperidine rings is 1. The van der Waals surface area contributed by atoms with E-state index < -0.39 is 15.9 Å². The summed E-state index contributed by atoms with van der Waals surface area (Å²) < 4.78 is 27.2. The lowest BCUT2D eigenvalue weighted by Crippen LogP contribution is -2.49. The van der Waals surface area contributed by atoms with Crippen LogP contribution in [0.5, 0.6) is 0 Å². The number of fused-ring (bicyclic) bond motifs is 2. The Morgan fingerprint density at radius 3 is 2.10 bits per heavy atom. The van der Waals surface area contributed by atoms with Gasteiger partial charge in [-0.15, -0.1) is 0 Å². The maximum atomic E-state index is 12.8. The van der Waals surface area contributed by atoms with Gasteiger partial charge < -0.3 is 11.5 Å². The number of nitrogens with zero attached hydrogens (tertiary/aromatic N) is 1. The maximum Gasteiger partial charge on any atom is 0.248 e. The predicted octanol–water partition coefficient (Wildman–Crippen LogP) is 0.428. The fraction of sp³-hybridized carbons (Fsp3) is 0.500. The number of primary amides is 1. The first-order valence-electron chi connectivity index (χ1n) is 7.08. The molecule has 4 N–H and O–H groups in total. The van der Waals surface area contributed by atoms with Crippen LogP contribution in [0.3, 0.4) is 0 Å². The van der Waals surface area contributed by atoms with E-state index in [2.05, 4.69) is 0 Å². The minimum absolute atomic E-state index is 0.000401. The topological polar surface area (TPSA) is 106 Å². The largest absolute Gasteiger partial charge is 0.366 e. The van der Waals surface area contributed by atoms with Gasteiger partial charge >= 0.3 is 0 Å². The summed E-state index contributed by atoms with van der Waals surface area (Å²) in [4.78, 5) is 11.3. The quantitative estimate of drug-likeness (QED) is 0.844. The van der Waals surface area contributed by atoms with Gasteiger partial charge in [-0.3, -0.25) is 4.79 Å². The van der Waals surface area contributed by atoms with E-state index in [1.807, 2.05) is 0 Å². The van der Waals surface area contributed by atoms with Crippen molar-refractivity contribution in [3.63, 3.8) is 0 Å². The molecule has 6 nitrogen and oxygen atoms in total. The molecule has 0 spiro atoms. The predicted molar refractivity (Wildman–Crippen MR) is 78.0 cm³/mol. The molecule has 2 aliphatic heterocycles. The van der Waals surface area contributed by atoms with Crippen LogP contribution in [0.4, 0.5) is 0 Å². The number of benzene rings is 1. The summed E-state index contributed by atoms with van der Waals surface area (Å²) in [5.41, 5.74) is 11.5. The highest BCUT2D eigenvalue weighted by molar-refractivity contribution is 7.89. The van der Waals surface area contributed by atoms with Crippen molar-refractivity contribution in [1.82, 2.24) is 4.31 Å². The molecule has 21 heavy (non-hydrogen) atoms. The monoisotopic (exact) mass is 309 g/mol. The van der Waals surface area contributed by atoms with Crippen LogP contribution >= 0.6 is 0 Å². The molecule has 2 heterocycles. The molecule has 0 radical (unpaired) electrons. The minimum Gasteiger partial charge on any atom is -0.366 e. The third kappa shape index (κ3) is 2.45. The van der Waals surface area contributed by atoms with Crippen molar-refractivity contribution in [3.05, 3.63) is 29.8 Å². The molecule has 2 aliphatic rings. The van der Waals surface area contributed by atoms with Crippen LogP contribution in [0.1, 0.15) is 36.0 Å². The first-order chi connectivity index (χ1) is 9.89. The number of sulfonamides is 1. The molecule has 1 amide bonds. The lowest BCUT2D eigenvalue weighted by molar-refractivity contribution is 0.1000. The first kappa shape index (κ1) is 14.5. The third-order valence-corrected chi connectivity index (χ3v) is 6.44. The van der Waals surface area contributed by atoms with E-state index in [4.69, 9.17) is 11.5 Å². The lowest BCUT2D eigenvalue weighted by Gasteiger charge is -2.36. The molecule has 3 rings (SSSR count). The average Bonchev–Trinajstić information content (AvgIpc) is 2.72. The second kappa shape index (κ2) is 5.08. The Kier molecular flexibility index (Phi) is 3.51. The Morgan fingerprint density at radius 2 is 1.62 bits per heavy atom. The SMILES string of the molecule is NC(=O)c1ccc(S(=O)(=O)N2C3CCC2CC(N)C3)cc1. The summed E-state index contributed by atoms with van der Waals surface area (Å²) in [5.74, 6) is -0.567. The fourth-order valence-corrected chi connectivity index (χ4v) is 5.37. The van der Waals surface area contributed by atoms with Crippen molar-refractivity contribution in [2.75, 3.05) is 0 Å². The molecule has 7 heteroatoms.